The average molecular weight is 292 g/mol. The van der Waals surface area contributed by atoms with Gasteiger partial charge in [-0.1, -0.05) is 38.1 Å². The number of carboxylic acid groups (broad SMARTS) is 1. The third-order valence-electron chi connectivity index (χ3n) is 3.28. The van der Waals surface area contributed by atoms with Gasteiger partial charge in [0.2, 0.25) is 0 Å². The fourth-order valence-corrected chi connectivity index (χ4v) is 1.93. The first-order valence-electron chi connectivity index (χ1n) is 7.16. The molecule has 5 heteroatoms. The molecule has 0 aliphatic rings. The number of nitrogens with zero attached hydrogens (tertiary/aromatic N) is 1. The minimum Gasteiger partial charge on any atom is -0.480 e. The molecule has 1 aromatic rings. The molecule has 0 radical (unpaired) electrons. The Morgan fingerprint density at radius 3 is 2.14 bits per heavy atom. The summed E-state index contributed by atoms with van der Waals surface area (Å²) in [7, 11) is 0. The zero-order valence-corrected chi connectivity index (χ0v) is 13.1. The maximum atomic E-state index is 12.0. The summed E-state index contributed by atoms with van der Waals surface area (Å²) in [6.45, 7) is 7.93. The second-order valence-corrected chi connectivity index (χ2v) is 5.67. The smallest absolute Gasteiger partial charge is 0.323 e. The first-order valence-corrected chi connectivity index (χ1v) is 7.16. The van der Waals surface area contributed by atoms with Crippen molar-refractivity contribution in [1.29, 1.82) is 0 Å². The Kier molecular flexibility index (Phi) is 6.21. The Morgan fingerprint density at radius 1 is 1.14 bits per heavy atom. The zero-order chi connectivity index (χ0) is 16.0. The highest BCUT2D eigenvalue weighted by Gasteiger charge is 2.19. The van der Waals surface area contributed by atoms with Crippen molar-refractivity contribution in [2.75, 3.05) is 6.54 Å². The van der Waals surface area contributed by atoms with E-state index in [1.807, 2.05) is 24.3 Å². The van der Waals surface area contributed by atoms with E-state index in [1.54, 1.807) is 13.8 Å². The summed E-state index contributed by atoms with van der Waals surface area (Å²) in [5, 5.41) is 11.6. The van der Waals surface area contributed by atoms with E-state index in [0.29, 0.717) is 12.5 Å². The molecule has 5 nitrogen and oxygen atoms in total. The molecular formula is C16H24N2O3. The lowest BCUT2D eigenvalue weighted by atomic mass is 10.0. The molecule has 1 rings (SSSR count). The monoisotopic (exact) mass is 292 g/mol. The van der Waals surface area contributed by atoms with Gasteiger partial charge in [0, 0.05) is 12.6 Å². The predicted octanol–water partition coefficient (Wildman–Crippen LogP) is 2.81. The van der Waals surface area contributed by atoms with Crippen molar-refractivity contribution in [2.24, 2.45) is 0 Å². The minimum atomic E-state index is -1.01. The second kappa shape index (κ2) is 7.67. The maximum absolute atomic E-state index is 12.0. The van der Waals surface area contributed by atoms with E-state index in [9.17, 15) is 9.59 Å². The molecule has 0 saturated carbocycles. The second-order valence-electron chi connectivity index (χ2n) is 5.67. The molecular weight excluding hydrogens is 268 g/mol. The highest BCUT2D eigenvalue weighted by atomic mass is 16.4. The van der Waals surface area contributed by atoms with E-state index in [0.717, 1.165) is 5.56 Å². The first kappa shape index (κ1) is 17.0. The number of carboxylic acids is 1. The van der Waals surface area contributed by atoms with Crippen molar-refractivity contribution in [2.45, 2.75) is 46.2 Å². The number of hydrogen-bond donors (Lipinski definition) is 2. The number of benzene rings is 1. The predicted molar refractivity (Wildman–Crippen MR) is 82.2 cm³/mol. The third kappa shape index (κ3) is 5.45. The van der Waals surface area contributed by atoms with Crippen LogP contribution in [0, 0.1) is 0 Å². The summed E-state index contributed by atoms with van der Waals surface area (Å²) in [4.78, 5) is 24.1. The van der Waals surface area contributed by atoms with E-state index >= 15 is 0 Å². The van der Waals surface area contributed by atoms with Gasteiger partial charge in [-0.3, -0.25) is 4.79 Å². The van der Waals surface area contributed by atoms with Crippen LogP contribution in [0.3, 0.4) is 0 Å². The summed E-state index contributed by atoms with van der Waals surface area (Å²) in [6, 6.07) is 7.52. The molecule has 0 spiro atoms. The van der Waals surface area contributed by atoms with E-state index in [2.05, 4.69) is 19.2 Å². The lowest BCUT2D eigenvalue weighted by Gasteiger charge is -2.25. The van der Waals surface area contributed by atoms with Gasteiger partial charge in [0.25, 0.3) is 0 Å². The lowest BCUT2D eigenvalue weighted by Crippen LogP contribution is -2.46. The van der Waals surface area contributed by atoms with Gasteiger partial charge in [0.1, 0.15) is 6.54 Å². The van der Waals surface area contributed by atoms with Gasteiger partial charge in [-0.15, -0.1) is 0 Å². The van der Waals surface area contributed by atoms with Crippen molar-refractivity contribution >= 4 is 12.0 Å². The lowest BCUT2D eigenvalue weighted by molar-refractivity contribution is -0.138. The van der Waals surface area contributed by atoms with Gasteiger partial charge in [-0.25, -0.2) is 4.79 Å². The number of amides is 2. The van der Waals surface area contributed by atoms with Gasteiger partial charge >= 0.3 is 12.0 Å². The summed E-state index contributed by atoms with van der Waals surface area (Å²) in [5.41, 5.74) is 2.24. The average Bonchev–Trinajstić information content (AvgIpc) is 2.42. The molecule has 0 fully saturated rings. The van der Waals surface area contributed by atoms with E-state index in [-0.39, 0.29) is 18.6 Å². The Hall–Kier alpha value is -2.04. The number of aliphatic carboxylic acids is 1. The van der Waals surface area contributed by atoms with E-state index in [4.69, 9.17) is 5.11 Å². The van der Waals surface area contributed by atoms with Crippen molar-refractivity contribution in [1.82, 2.24) is 10.2 Å². The highest BCUT2D eigenvalue weighted by Crippen LogP contribution is 2.14. The molecule has 0 unspecified atom stereocenters. The van der Waals surface area contributed by atoms with Crippen LogP contribution in [-0.2, 0) is 11.3 Å². The molecule has 1 aromatic carbocycles. The number of carbonyl (C=O) groups is 2. The van der Waals surface area contributed by atoms with Crippen LogP contribution in [0.25, 0.3) is 0 Å². The fourth-order valence-electron chi connectivity index (χ4n) is 1.93. The number of nitrogens with one attached hydrogen (secondary N) is 1. The maximum Gasteiger partial charge on any atom is 0.323 e. The quantitative estimate of drug-likeness (QED) is 0.847. The number of carbonyl (C=O) groups excluding carboxylic acids is 1. The van der Waals surface area contributed by atoms with E-state index in [1.165, 1.54) is 10.5 Å². The van der Waals surface area contributed by atoms with Crippen LogP contribution in [0.5, 0.6) is 0 Å². The molecule has 0 atom stereocenters. The molecule has 116 valence electrons. The summed E-state index contributed by atoms with van der Waals surface area (Å²) in [6.07, 6.45) is 0. The SMILES string of the molecule is CC(C)c1ccc(CNC(=O)N(CC(=O)O)C(C)C)cc1. The van der Waals surface area contributed by atoms with Crippen LogP contribution in [0.15, 0.2) is 24.3 Å². The van der Waals surface area contributed by atoms with Crippen molar-refractivity contribution in [3.05, 3.63) is 35.4 Å². The number of hydrogen-bond acceptors (Lipinski definition) is 2. The highest BCUT2D eigenvalue weighted by molar-refractivity contribution is 5.80. The van der Waals surface area contributed by atoms with Gasteiger partial charge in [0.15, 0.2) is 0 Å². The van der Waals surface area contributed by atoms with Crippen LogP contribution in [0.1, 0.15) is 44.7 Å². The Balaban J connectivity index is 2.60. The third-order valence-corrected chi connectivity index (χ3v) is 3.28. The molecule has 0 heterocycles. The molecule has 0 aliphatic carbocycles. The van der Waals surface area contributed by atoms with Gasteiger partial charge in [-0.2, -0.15) is 0 Å². The molecule has 21 heavy (non-hydrogen) atoms. The summed E-state index contributed by atoms with van der Waals surface area (Å²) < 4.78 is 0. The van der Waals surface area contributed by atoms with Crippen LogP contribution in [-0.4, -0.2) is 34.6 Å². The van der Waals surface area contributed by atoms with Crippen LogP contribution >= 0.6 is 0 Å². The normalized spacial score (nSPS) is 10.8. The van der Waals surface area contributed by atoms with Crippen LogP contribution < -0.4 is 5.32 Å². The largest absolute Gasteiger partial charge is 0.480 e. The van der Waals surface area contributed by atoms with Gasteiger partial charge < -0.3 is 15.3 Å². The minimum absolute atomic E-state index is 0.163. The van der Waals surface area contributed by atoms with Crippen molar-refractivity contribution in [3.63, 3.8) is 0 Å². The van der Waals surface area contributed by atoms with Crippen molar-refractivity contribution < 1.29 is 14.7 Å². The zero-order valence-electron chi connectivity index (χ0n) is 13.1. The Labute approximate surface area is 126 Å². The Morgan fingerprint density at radius 2 is 1.71 bits per heavy atom. The topological polar surface area (TPSA) is 69.6 Å². The molecule has 0 aromatic heterocycles. The molecule has 2 N–H and O–H groups in total. The first-order chi connectivity index (χ1) is 9.81. The number of urea groups is 1. The van der Waals surface area contributed by atoms with Gasteiger partial charge in [0.05, 0.1) is 0 Å². The van der Waals surface area contributed by atoms with Crippen molar-refractivity contribution in [3.8, 4) is 0 Å². The Bertz CT molecular complexity index is 481. The fraction of sp³-hybridized carbons (Fsp3) is 0.500. The molecule has 0 saturated heterocycles. The van der Waals surface area contributed by atoms with Gasteiger partial charge in [-0.05, 0) is 30.9 Å². The standard InChI is InChI=1S/C16H24N2O3/c1-11(2)14-7-5-13(6-8-14)9-17-16(21)18(12(3)4)10-15(19)20/h5-8,11-12H,9-10H2,1-4H3,(H,17,21)(H,19,20). The summed E-state index contributed by atoms with van der Waals surface area (Å²) >= 11 is 0. The molecule has 0 aliphatic heterocycles. The van der Waals surface area contributed by atoms with Crippen LogP contribution in [0.4, 0.5) is 4.79 Å². The van der Waals surface area contributed by atoms with Crippen LogP contribution in [0.2, 0.25) is 0 Å². The number of rotatable bonds is 6. The van der Waals surface area contributed by atoms with E-state index < -0.39 is 5.97 Å². The molecule has 0 bridgehead atoms. The summed E-state index contributed by atoms with van der Waals surface area (Å²) in [5.74, 6) is -0.541. The molecule has 2 amide bonds.